The molecule has 2 heterocycles. The molecule has 1 aromatic carbocycles. The fourth-order valence-corrected chi connectivity index (χ4v) is 2.61. The average molecular weight is 343 g/mol. The van der Waals surface area contributed by atoms with Gasteiger partial charge < -0.3 is 10.1 Å². The third kappa shape index (κ3) is 4.36. The van der Waals surface area contributed by atoms with E-state index in [9.17, 15) is 9.18 Å². The van der Waals surface area contributed by atoms with E-state index in [1.807, 2.05) is 18.2 Å². The molecule has 0 bridgehead atoms. The number of rotatable bonds is 6. The number of carbonyl (C=O) groups is 1. The minimum absolute atomic E-state index is 0.226. The van der Waals surface area contributed by atoms with E-state index in [1.54, 1.807) is 23.7 Å². The number of thiazole rings is 1. The van der Waals surface area contributed by atoms with E-state index in [0.717, 1.165) is 5.69 Å². The number of nitrogens with one attached hydrogen (secondary N) is 1. The average Bonchev–Trinajstić information content (AvgIpc) is 3.09. The molecule has 0 aliphatic heterocycles. The topological polar surface area (TPSA) is 64.1 Å². The molecule has 0 radical (unpaired) electrons. The Morgan fingerprint density at radius 1 is 1.21 bits per heavy atom. The summed E-state index contributed by atoms with van der Waals surface area (Å²) in [7, 11) is 0. The van der Waals surface area contributed by atoms with Gasteiger partial charge in [-0.2, -0.15) is 0 Å². The van der Waals surface area contributed by atoms with Crippen LogP contribution in [0.4, 0.5) is 4.39 Å². The maximum absolute atomic E-state index is 12.8. The Morgan fingerprint density at radius 3 is 2.79 bits per heavy atom. The summed E-state index contributed by atoms with van der Waals surface area (Å²) in [5, 5.41) is 5.12. The minimum atomic E-state index is -0.316. The van der Waals surface area contributed by atoms with Gasteiger partial charge in [0.05, 0.1) is 12.2 Å². The van der Waals surface area contributed by atoms with E-state index in [4.69, 9.17) is 4.74 Å². The maximum atomic E-state index is 12.8. The molecule has 0 aliphatic rings. The monoisotopic (exact) mass is 343 g/mol. The maximum Gasteiger partial charge on any atom is 0.271 e. The largest absolute Gasteiger partial charge is 0.486 e. The molecule has 1 N–H and O–H groups in total. The van der Waals surface area contributed by atoms with E-state index >= 15 is 0 Å². The molecule has 0 saturated heterocycles. The first-order chi connectivity index (χ1) is 11.7. The normalized spacial score (nSPS) is 10.4. The summed E-state index contributed by atoms with van der Waals surface area (Å²) in [6.45, 7) is 0.572. The molecule has 122 valence electrons. The van der Waals surface area contributed by atoms with Gasteiger partial charge in [-0.3, -0.25) is 9.78 Å². The Kier molecular flexibility index (Phi) is 5.12. The Balaban J connectivity index is 1.52. The second-order valence-electron chi connectivity index (χ2n) is 4.87. The summed E-state index contributed by atoms with van der Waals surface area (Å²) >= 11 is 1.34. The van der Waals surface area contributed by atoms with Crippen molar-refractivity contribution in [2.45, 2.75) is 13.2 Å². The van der Waals surface area contributed by atoms with Gasteiger partial charge in [-0.05, 0) is 36.4 Å². The van der Waals surface area contributed by atoms with Crippen LogP contribution in [-0.4, -0.2) is 15.9 Å². The zero-order valence-corrected chi connectivity index (χ0v) is 13.4. The first-order valence-electron chi connectivity index (χ1n) is 7.21. The molecule has 0 fully saturated rings. The lowest BCUT2D eigenvalue weighted by atomic mass is 10.3. The molecule has 0 atom stereocenters. The van der Waals surface area contributed by atoms with Crippen molar-refractivity contribution in [3.05, 3.63) is 76.3 Å². The van der Waals surface area contributed by atoms with Crippen molar-refractivity contribution in [1.82, 2.24) is 15.3 Å². The van der Waals surface area contributed by atoms with Gasteiger partial charge in [-0.15, -0.1) is 11.3 Å². The zero-order chi connectivity index (χ0) is 16.8. The Labute approximate surface area is 142 Å². The molecule has 3 aromatic rings. The second kappa shape index (κ2) is 7.65. The number of hydrogen-bond acceptors (Lipinski definition) is 5. The predicted molar refractivity (Wildman–Crippen MR) is 88.3 cm³/mol. The molecule has 1 amide bonds. The first-order valence-corrected chi connectivity index (χ1v) is 8.09. The number of amides is 1. The Bertz CT molecular complexity index is 806. The number of carbonyl (C=O) groups excluding carboxylic acids is 1. The summed E-state index contributed by atoms with van der Waals surface area (Å²) in [4.78, 5) is 20.4. The van der Waals surface area contributed by atoms with Crippen molar-refractivity contribution in [3.63, 3.8) is 0 Å². The van der Waals surface area contributed by atoms with Crippen LogP contribution < -0.4 is 10.1 Å². The van der Waals surface area contributed by atoms with Gasteiger partial charge in [-0.1, -0.05) is 6.07 Å². The SMILES string of the molecule is O=C(NCc1ccccn1)c1csc(COc2ccc(F)cc2)n1. The number of benzene rings is 1. The summed E-state index contributed by atoms with van der Waals surface area (Å²) in [5.41, 5.74) is 1.12. The van der Waals surface area contributed by atoms with Crippen molar-refractivity contribution in [2.24, 2.45) is 0 Å². The minimum Gasteiger partial charge on any atom is -0.486 e. The highest BCUT2D eigenvalue weighted by Gasteiger charge is 2.11. The quantitative estimate of drug-likeness (QED) is 0.747. The molecule has 0 aliphatic carbocycles. The van der Waals surface area contributed by atoms with Crippen LogP contribution in [0.5, 0.6) is 5.75 Å². The number of nitrogens with zero attached hydrogens (tertiary/aromatic N) is 2. The number of halogens is 1. The predicted octanol–water partition coefficient (Wildman–Crippen LogP) is 3.19. The van der Waals surface area contributed by atoms with Gasteiger partial charge in [0.25, 0.3) is 5.91 Å². The van der Waals surface area contributed by atoms with Crippen molar-refractivity contribution >= 4 is 17.2 Å². The van der Waals surface area contributed by atoms with E-state index in [1.165, 1.54) is 23.5 Å². The highest BCUT2D eigenvalue weighted by atomic mass is 32.1. The second-order valence-corrected chi connectivity index (χ2v) is 5.82. The van der Waals surface area contributed by atoms with E-state index < -0.39 is 0 Å². The van der Waals surface area contributed by atoms with E-state index in [0.29, 0.717) is 23.0 Å². The number of aromatic nitrogens is 2. The van der Waals surface area contributed by atoms with Gasteiger partial charge in [0.15, 0.2) is 0 Å². The van der Waals surface area contributed by atoms with Crippen LogP contribution >= 0.6 is 11.3 Å². The molecule has 7 heteroatoms. The number of ether oxygens (including phenoxy) is 1. The van der Waals surface area contributed by atoms with Crippen LogP contribution in [0.1, 0.15) is 21.2 Å². The highest BCUT2D eigenvalue weighted by Crippen LogP contribution is 2.16. The van der Waals surface area contributed by atoms with Crippen LogP contribution in [0.25, 0.3) is 0 Å². The zero-order valence-electron chi connectivity index (χ0n) is 12.6. The Morgan fingerprint density at radius 2 is 2.04 bits per heavy atom. The lowest BCUT2D eigenvalue weighted by Gasteiger charge is -2.03. The molecular formula is C17H14FN3O2S. The first kappa shape index (κ1) is 16.1. The molecular weight excluding hydrogens is 329 g/mol. The van der Waals surface area contributed by atoms with Gasteiger partial charge >= 0.3 is 0 Å². The summed E-state index contributed by atoms with van der Waals surface area (Å²) < 4.78 is 18.3. The third-order valence-electron chi connectivity index (χ3n) is 3.12. The summed E-state index contributed by atoms with van der Waals surface area (Å²) in [6, 6.07) is 11.3. The van der Waals surface area contributed by atoms with Gasteiger partial charge in [0.1, 0.15) is 28.9 Å². The molecule has 0 unspecified atom stereocenters. The van der Waals surface area contributed by atoms with Crippen molar-refractivity contribution < 1.29 is 13.9 Å². The van der Waals surface area contributed by atoms with Gasteiger partial charge in [0, 0.05) is 11.6 Å². The molecule has 2 aromatic heterocycles. The number of pyridine rings is 1. The van der Waals surface area contributed by atoms with Crippen LogP contribution in [0, 0.1) is 5.82 Å². The Hall–Kier alpha value is -2.80. The van der Waals surface area contributed by atoms with Crippen molar-refractivity contribution in [2.75, 3.05) is 0 Å². The molecule has 24 heavy (non-hydrogen) atoms. The van der Waals surface area contributed by atoms with Crippen molar-refractivity contribution in [1.29, 1.82) is 0 Å². The summed E-state index contributed by atoms with van der Waals surface area (Å²) in [6.07, 6.45) is 1.68. The molecule has 0 spiro atoms. The standard InChI is InChI=1S/C17H14FN3O2S/c18-12-4-6-14(7-5-12)23-10-16-21-15(11-24-16)17(22)20-9-13-3-1-2-8-19-13/h1-8,11H,9-10H2,(H,20,22). The molecule has 5 nitrogen and oxygen atoms in total. The lowest BCUT2D eigenvalue weighted by molar-refractivity contribution is 0.0946. The third-order valence-corrected chi connectivity index (χ3v) is 3.94. The van der Waals surface area contributed by atoms with Crippen LogP contribution in [0.2, 0.25) is 0 Å². The smallest absolute Gasteiger partial charge is 0.271 e. The van der Waals surface area contributed by atoms with Crippen LogP contribution in [0.3, 0.4) is 0 Å². The van der Waals surface area contributed by atoms with Crippen LogP contribution in [-0.2, 0) is 13.2 Å². The molecule has 0 saturated carbocycles. The molecule has 3 rings (SSSR count). The van der Waals surface area contributed by atoms with Crippen molar-refractivity contribution in [3.8, 4) is 5.75 Å². The van der Waals surface area contributed by atoms with Crippen LogP contribution in [0.15, 0.2) is 54.0 Å². The summed E-state index contributed by atoms with van der Waals surface area (Å²) in [5.74, 6) is -0.0267. The fourth-order valence-electron chi connectivity index (χ4n) is 1.92. The van der Waals surface area contributed by atoms with Gasteiger partial charge in [0.2, 0.25) is 0 Å². The number of hydrogen-bond donors (Lipinski definition) is 1. The van der Waals surface area contributed by atoms with Gasteiger partial charge in [-0.25, -0.2) is 9.37 Å². The fraction of sp³-hybridized carbons (Fsp3) is 0.118. The highest BCUT2D eigenvalue weighted by molar-refractivity contribution is 7.09. The van der Waals surface area contributed by atoms with E-state index in [2.05, 4.69) is 15.3 Å². The lowest BCUT2D eigenvalue weighted by Crippen LogP contribution is -2.23. The van der Waals surface area contributed by atoms with E-state index in [-0.39, 0.29) is 18.3 Å².